The molecule has 0 radical (unpaired) electrons. The average Bonchev–Trinajstić information content (AvgIpc) is 3.26. The van der Waals surface area contributed by atoms with Crippen molar-refractivity contribution in [2.75, 3.05) is 0 Å². The molecule has 8 heteroatoms. The molecule has 0 N–H and O–H groups in total. The van der Waals surface area contributed by atoms with Gasteiger partial charge in [-0.05, 0) is 30.3 Å². The van der Waals surface area contributed by atoms with Crippen molar-refractivity contribution in [1.82, 2.24) is 25.3 Å². The molecule has 4 rings (SSSR count). The molecule has 0 aliphatic heterocycles. The fourth-order valence-corrected chi connectivity index (χ4v) is 2.32. The zero-order valence-corrected chi connectivity index (χ0v) is 13.0. The van der Waals surface area contributed by atoms with E-state index >= 15 is 0 Å². The van der Waals surface area contributed by atoms with E-state index in [1.54, 1.807) is 30.6 Å². The summed E-state index contributed by atoms with van der Waals surface area (Å²) in [7, 11) is 0. The number of hydrogen-bond donors (Lipinski definition) is 0. The Kier molecular flexibility index (Phi) is 3.76. The number of hydrogen-bond acceptors (Lipinski definition) is 7. The number of halogens is 1. The van der Waals surface area contributed by atoms with Gasteiger partial charge in [-0.15, -0.1) is 10.2 Å². The summed E-state index contributed by atoms with van der Waals surface area (Å²) in [5, 5.41) is 12.5. The second-order valence-electron chi connectivity index (χ2n) is 4.94. The van der Waals surface area contributed by atoms with Gasteiger partial charge >= 0.3 is 0 Å². The van der Waals surface area contributed by atoms with E-state index in [1.807, 2.05) is 18.2 Å². The summed E-state index contributed by atoms with van der Waals surface area (Å²) >= 11 is 5.96. The monoisotopic (exact) mass is 339 g/mol. The van der Waals surface area contributed by atoms with Crippen LogP contribution in [0.3, 0.4) is 0 Å². The van der Waals surface area contributed by atoms with E-state index in [0.29, 0.717) is 28.5 Å². The zero-order valence-electron chi connectivity index (χ0n) is 12.3. The second-order valence-corrected chi connectivity index (χ2v) is 5.38. The van der Waals surface area contributed by atoms with E-state index in [2.05, 4.69) is 25.3 Å². The minimum absolute atomic E-state index is 0.251. The molecule has 0 saturated heterocycles. The van der Waals surface area contributed by atoms with Crippen molar-refractivity contribution >= 4 is 11.6 Å². The third-order valence-corrected chi connectivity index (χ3v) is 3.46. The molecule has 3 heterocycles. The third-order valence-electron chi connectivity index (χ3n) is 3.23. The van der Waals surface area contributed by atoms with Crippen LogP contribution >= 0.6 is 11.6 Å². The lowest BCUT2D eigenvalue weighted by Crippen LogP contribution is -1.89. The van der Waals surface area contributed by atoms with Gasteiger partial charge < -0.3 is 8.94 Å². The van der Waals surface area contributed by atoms with Gasteiger partial charge in [0, 0.05) is 28.5 Å². The van der Waals surface area contributed by atoms with E-state index < -0.39 is 0 Å². The summed E-state index contributed by atoms with van der Waals surface area (Å²) in [6, 6.07) is 10.9. The largest absolute Gasteiger partial charge is 0.420 e. The summed E-state index contributed by atoms with van der Waals surface area (Å²) in [4.78, 5) is 8.33. The maximum absolute atomic E-state index is 5.96. The smallest absolute Gasteiger partial charge is 0.247 e. The third kappa shape index (κ3) is 3.02. The number of pyridine rings is 1. The standard InChI is InChI=1S/C16H10ClN5O2/c17-12-5-1-3-10(7-12)16-21-20-14(23-16)8-13-19-15(22-24-13)11-4-2-6-18-9-11/h1-7,9H,8H2. The highest BCUT2D eigenvalue weighted by atomic mass is 35.5. The first-order valence-electron chi connectivity index (χ1n) is 7.09. The van der Waals surface area contributed by atoms with E-state index in [4.69, 9.17) is 20.5 Å². The summed E-state index contributed by atoms with van der Waals surface area (Å²) in [6.07, 6.45) is 3.60. The van der Waals surface area contributed by atoms with E-state index in [0.717, 1.165) is 11.1 Å². The van der Waals surface area contributed by atoms with Gasteiger partial charge in [0.15, 0.2) is 0 Å². The Balaban J connectivity index is 1.54. The molecular weight excluding hydrogens is 330 g/mol. The molecule has 0 unspecified atom stereocenters. The number of aromatic nitrogens is 5. The van der Waals surface area contributed by atoms with Crippen LogP contribution in [0.15, 0.2) is 57.7 Å². The fraction of sp³-hybridized carbons (Fsp3) is 0.0625. The molecule has 118 valence electrons. The molecule has 0 bridgehead atoms. The van der Waals surface area contributed by atoms with Gasteiger partial charge in [-0.3, -0.25) is 4.98 Å². The first-order chi connectivity index (χ1) is 11.8. The van der Waals surface area contributed by atoms with Gasteiger partial charge in [0.2, 0.25) is 23.5 Å². The Hall–Kier alpha value is -3.06. The normalized spacial score (nSPS) is 10.9. The first-order valence-corrected chi connectivity index (χ1v) is 7.47. The Morgan fingerprint density at radius 3 is 2.75 bits per heavy atom. The molecule has 4 aromatic rings. The van der Waals surface area contributed by atoms with Gasteiger partial charge in [0.25, 0.3) is 0 Å². The van der Waals surface area contributed by atoms with Crippen molar-refractivity contribution in [2.24, 2.45) is 0 Å². The highest BCUT2D eigenvalue weighted by Crippen LogP contribution is 2.22. The minimum Gasteiger partial charge on any atom is -0.420 e. The van der Waals surface area contributed by atoms with E-state index in [-0.39, 0.29) is 6.42 Å². The van der Waals surface area contributed by atoms with Gasteiger partial charge in [-0.1, -0.05) is 22.8 Å². The van der Waals surface area contributed by atoms with Crippen LogP contribution < -0.4 is 0 Å². The topological polar surface area (TPSA) is 90.7 Å². The summed E-state index contributed by atoms with van der Waals surface area (Å²) in [6.45, 7) is 0. The van der Waals surface area contributed by atoms with Crippen LogP contribution in [0.1, 0.15) is 11.8 Å². The lowest BCUT2D eigenvalue weighted by molar-refractivity contribution is 0.374. The van der Waals surface area contributed by atoms with Crippen LogP contribution in [0.25, 0.3) is 22.8 Å². The summed E-state index contributed by atoms with van der Waals surface area (Å²) < 4.78 is 10.8. The lowest BCUT2D eigenvalue weighted by Gasteiger charge is -1.94. The molecule has 3 aromatic heterocycles. The number of rotatable bonds is 4. The molecule has 0 fully saturated rings. The Morgan fingerprint density at radius 1 is 1.00 bits per heavy atom. The Bertz CT molecular complexity index is 967. The molecule has 0 saturated carbocycles. The predicted molar refractivity (Wildman–Crippen MR) is 85.1 cm³/mol. The molecule has 0 amide bonds. The lowest BCUT2D eigenvalue weighted by atomic mass is 10.2. The van der Waals surface area contributed by atoms with Crippen LogP contribution in [-0.4, -0.2) is 25.3 Å². The average molecular weight is 340 g/mol. The molecule has 0 aliphatic rings. The maximum atomic E-state index is 5.96. The molecule has 0 spiro atoms. The molecule has 0 atom stereocenters. The van der Waals surface area contributed by atoms with Gasteiger partial charge in [-0.2, -0.15) is 4.98 Å². The van der Waals surface area contributed by atoms with Crippen molar-refractivity contribution in [3.63, 3.8) is 0 Å². The Morgan fingerprint density at radius 2 is 1.92 bits per heavy atom. The van der Waals surface area contributed by atoms with E-state index in [9.17, 15) is 0 Å². The highest BCUT2D eigenvalue weighted by molar-refractivity contribution is 6.30. The van der Waals surface area contributed by atoms with E-state index in [1.165, 1.54) is 0 Å². The van der Waals surface area contributed by atoms with Crippen molar-refractivity contribution in [3.8, 4) is 22.8 Å². The Labute approximate surface area is 141 Å². The SMILES string of the molecule is Clc1cccc(-c2nnc(Cc3nc(-c4cccnc4)no3)o2)c1. The van der Waals surface area contributed by atoms with Gasteiger partial charge in [-0.25, -0.2) is 0 Å². The number of benzene rings is 1. The number of nitrogens with zero attached hydrogens (tertiary/aromatic N) is 5. The minimum atomic E-state index is 0.251. The van der Waals surface area contributed by atoms with Gasteiger partial charge in [0.1, 0.15) is 6.42 Å². The maximum Gasteiger partial charge on any atom is 0.247 e. The van der Waals surface area contributed by atoms with Crippen LogP contribution in [0, 0.1) is 0 Å². The first kappa shape index (κ1) is 14.5. The molecule has 24 heavy (non-hydrogen) atoms. The van der Waals surface area contributed by atoms with Crippen molar-refractivity contribution in [2.45, 2.75) is 6.42 Å². The van der Waals surface area contributed by atoms with Crippen LogP contribution in [0.2, 0.25) is 5.02 Å². The van der Waals surface area contributed by atoms with Crippen molar-refractivity contribution < 1.29 is 8.94 Å². The van der Waals surface area contributed by atoms with Crippen LogP contribution in [0.5, 0.6) is 0 Å². The predicted octanol–water partition coefficient (Wildman–Crippen LogP) is 3.43. The van der Waals surface area contributed by atoms with Gasteiger partial charge in [0.05, 0.1) is 0 Å². The van der Waals surface area contributed by atoms with Crippen molar-refractivity contribution in [3.05, 3.63) is 65.6 Å². The quantitative estimate of drug-likeness (QED) is 0.562. The highest BCUT2D eigenvalue weighted by Gasteiger charge is 2.14. The molecular formula is C16H10ClN5O2. The summed E-state index contributed by atoms with van der Waals surface area (Å²) in [5.74, 6) is 1.62. The van der Waals surface area contributed by atoms with Crippen LogP contribution in [-0.2, 0) is 6.42 Å². The molecule has 1 aromatic carbocycles. The molecule has 0 aliphatic carbocycles. The van der Waals surface area contributed by atoms with Crippen LogP contribution in [0.4, 0.5) is 0 Å². The molecule has 7 nitrogen and oxygen atoms in total. The second kappa shape index (κ2) is 6.21. The summed E-state index contributed by atoms with van der Waals surface area (Å²) in [5.41, 5.74) is 1.53. The fourth-order valence-electron chi connectivity index (χ4n) is 2.13. The van der Waals surface area contributed by atoms with Crippen molar-refractivity contribution in [1.29, 1.82) is 0 Å². The zero-order chi connectivity index (χ0) is 16.4.